The smallest absolute Gasteiger partial charge is 0.141 e. The van der Waals surface area contributed by atoms with Crippen LogP contribution in [0.5, 0.6) is 5.75 Å². The number of rotatable bonds is 5. The van der Waals surface area contributed by atoms with E-state index in [0.717, 1.165) is 17.0 Å². The average molecular weight is 274 g/mol. The van der Waals surface area contributed by atoms with Gasteiger partial charge in [0.05, 0.1) is 18.8 Å². The lowest BCUT2D eigenvalue weighted by atomic mass is 10.0. The zero-order chi connectivity index (χ0) is 14.5. The minimum atomic E-state index is -0.220. The van der Waals surface area contributed by atoms with Crippen LogP contribution in [0.25, 0.3) is 0 Å². The first-order valence-corrected chi connectivity index (χ1v) is 6.51. The van der Waals surface area contributed by atoms with Gasteiger partial charge in [0.1, 0.15) is 11.6 Å². The Morgan fingerprint density at radius 3 is 2.65 bits per heavy atom. The van der Waals surface area contributed by atoms with Crippen LogP contribution in [0.3, 0.4) is 0 Å². The first kappa shape index (κ1) is 14.3. The number of hydrogen-bond donors (Lipinski definition) is 2. The van der Waals surface area contributed by atoms with Crippen LogP contribution in [0.15, 0.2) is 42.5 Å². The van der Waals surface area contributed by atoms with Crippen molar-refractivity contribution in [2.24, 2.45) is 5.73 Å². The van der Waals surface area contributed by atoms with E-state index in [1.807, 2.05) is 30.3 Å². The molecule has 3 N–H and O–H groups in total. The highest BCUT2D eigenvalue weighted by Crippen LogP contribution is 2.28. The monoisotopic (exact) mass is 274 g/mol. The van der Waals surface area contributed by atoms with Crippen molar-refractivity contribution in [1.29, 1.82) is 0 Å². The van der Waals surface area contributed by atoms with Gasteiger partial charge in [-0.3, -0.25) is 0 Å². The number of aryl methyl sites for hydroxylation is 1. The Morgan fingerprint density at radius 1 is 1.25 bits per heavy atom. The van der Waals surface area contributed by atoms with Crippen molar-refractivity contribution < 1.29 is 9.13 Å². The maximum atomic E-state index is 13.7. The lowest BCUT2D eigenvalue weighted by Crippen LogP contribution is -2.21. The third kappa shape index (κ3) is 3.08. The summed E-state index contributed by atoms with van der Waals surface area (Å²) >= 11 is 0. The van der Waals surface area contributed by atoms with Crippen LogP contribution >= 0.6 is 0 Å². The molecular weight excluding hydrogens is 255 g/mol. The number of hydrogen-bond acceptors (Lipinski definition) is 3. The second-order valence-corrected chi connectivity index (χ2v) is 4.64. The number of benzene rings is 2. The Hall–Kier alpha value is -2.07. The molecule has 0 aromatic heterocycles. The van der Waals surface area contributed by atoms with E-state index in [1.165, 1.54) is 6.07 Å². The highest BCUT2D eigenvalue weighted by molar-refractivity contribution is 5.57. The molecule has 0 saturated heterocycles. The quantitative estimate of drug-likeness (QED) is 0.879. The number of anilines is 1. The van der Waals surface area contributed by atoms with Crippen LogP contribution in [0.1, 0.15) is 17.2 Å². The summed E-state index contributed by atoms with van der Waals surface area (Å²) in [5.41, 5.74) is 8.09. The Morgan fingerprint density at radius 2 is 2.00 bits per heavy atom. The van der Waals surface area contributed by atoms with E-state index in [0.29, 0.717) is 12.1 Å². The van der Waals surface area contributed by atoms with Crippen LogP contribution in [0.4, 0.5) is 10.1 Å². The molecule has 4 heteroatoms. The molecule has 0 radical (unpaired) electrons. The Labute approximate surface area is 118 Å². The molecule has 3 nitrogen and oxygen atoms in total. The van der Waals surface area contributed by atoms with Crippen molar-refractivity contribution in [1.82, 2.24) is 0 Å². The van der Waals surface area contributed by atoms with Crippen LogP contribution in [0, 0.1) is 12.7 Å². The number of para-hydroxylation sites is 2. The van der Waals surface area contributed by atoms with Gasteiger partial charge in [0, 0.05) is 6.54 Å². The summed E-state index contributed by atoms with van der Waals surface area (Å²) in [5.74, 6) is 0.515. The van der Waals surface area contributed by atoms with Crippen molar-refractivity contribution in [2.45, 2.75) is 13.0 Å². The summed E-state index contributed by atoms with van der Waals surface area (Å²) in [4.78, 5) is 0. The van der Waals surface area contributed by atoms with E-state index in [4.69, 9.17) is 10.5 Å². The minimum absolute atomic E-state index is 0.165. The van der Waals surface area contributed by atoms with Crippen molar-refractivity contribution >= 4 is 5.69 Å². The maximum absolute atomic E-state index is 13.7. The molecular formula is C16H19FN2O. The molecule has 0 bridgehead atoms. The maximum Gasteiger partial charge on any atom is 0.141 e. The van der Waals surface area contributed by atoms with Gasteiger partial charge in [0.15, 0.2) is 0 Å². The number of nitrogens with two attached hydrogens (primary N) is 1. The molecule has 2 aromatic rings. The second-order valence-electron chi connectivity index (χ2n) is 4.64. The minimum Gasteiger partial charge on any atom is -0.495 e. The van der Waals surface area contributed by atoms with Crippen LogP contribution in [0.2, 0.25) is 0 Å². The molecule has 0 aliphatic heterocycles. The van der Waals surface area contributed by atoms with Crippen molar-refractivity contribution in [3.05, 3.63) is 59.4 Å². The van der Waals surface area contributed by atoms with Crippen LogP contribution in [-0.4, -0.2) is 13.7 Å². The van der Waals surface area contributed by atoms with Gasteiger partial charge >= 0.3 is 0 Å². The van der Waals surface area contributed by atoms with E-state index in [9.17, 15) is 4.39 Å². The fourth-order valence-corrected chi connectivity index (χ4v) is 2.06. The third-order valence-electron chi connectivity index (χ3n) is 3.27. The van der Waals surface area contributed by atoms with Crippen molar-refractivity contribution in [2.75, 3.05) is 19.0 Å². The summed E-state index contributed by atoms with van der Waals surface area (Å²) in [6.07, 6.45) is 0. The number of methoxy groups -OCH3 is 1. The predicted molar refractivity (Wildman–Crippen MR) is 79.5 cm³/mol. The van der Waals surface area contributed by atoms with E-state index in [-0.39, 0.29) is 11.9 Å². The van der Waals surface area contributed by atoms with Crippen LogP contribution in [-0.2, 0) is 0 Å². The molecule has 1 unspecified atom stereocenters. The van der Waals surface area contributed by atoms with Crippen LogP contribution < -0.4 is 15.8 Å². The topological polar surface area (TPSA) is 47.3 Å². The van der Waals surface area contributed by atoms with Gasteiger partial charge in [-0.05, 0) is 36.2 Å². The molecule has 0 heterocycles. The first-order chi connectivity index (χ1) is 9.65. The molecule has 0 aliphatic rings. The highest BCUT2D eigenvalue weighted by Gasteiger charge is 2.13. The normalized spacial score (nSPS) is 12.0. The highest BCUT2D eigenvalue weighted by atomic mass is 19.1. The second kappa shape index (κ2) is 6.39. The molecule has 2 rings (SSSR count). The van der Waals surface area contributed by atoms with Crippen molar-refractivity contribution in [3.8, 4) is 5.75 Å². The molecule has 20 heavy (non-hydrogen) atoms. The Kier molecular flexibility index (Phi) is 4.58. The third-order valence-corrected chi connectivity index (χ3v) is 3.27. The van der Waals surface area contributed by atoms with Gasteiger partial charge in [-0.25, -0.2) is 4.39 Å². The summed E-state index contributed by atoms with van der Waals surface area (Å²) in [6.45, 7) is 2.10. The molecule has 0 spiro atoms. The molecule has 0 saturated carbocycles. The van der Waals surface area contributed by atoms with Gasteiger partial charge < -0.3 is 15.8 Å². The van der Waals surface area contributed by atoms with Gasteiger partial charge in [0.25, 0.3) is 0 Å². The van der Waals surface area contributed by atoms with Gasteiger partial charge in [-0.2, -0.15) is 0 Å². The zero-order valence-corrected chi connectivity index (χ0v) is 11.7. The van der Waals surface area contributed by atoms with Gasteiger partial charge in [-0.15, -0.1) is 0 Å². The predicted octanol–water partition coefficient (Wildman–Crippen LogP) is 3.25. The lowest BCUT2D eigenvalue weighted by Gasteiger charge is -2.20. The molecule has 106 valence electrons. The summed E-state index contributed by atoms with van der Waals surface area (Å²) in [5, 5.41) is 3.29. The van der Waals surface area contributed by atoms with E-state index < -0.39 is 0 Å². The molecule has 0 aliphatic carbocycles. The molecule has 0 amide bonds. The zero-order valence-electron chi connectivity index (χ0n) is 11.7. The number of nitrogens with one attached hydrogen (secondary N) is 1. The molecule has 0 fully saturated rings. The fourth-order valence-electron chi connectivity index (χ4n) is 2.06. The summed E-state index contributed by atoms with van der Waals surface area (Å²) in [6, 6.07) is 12.6. The Bertz CT molecular complexity index is 586. The van der Waals surface area contributed by atoms with Crippen molar-refractivity contribution in [3.63, 3.8) is 0 Å². The average Bonchev–Trinajstić information content (AvgIpc) is 2.48. The summed E-state index contributed by atoms with van der Waals surface area (Å²) in [7, 11) is 1.61. The van der Waals surface area contributed by atoms with Gasteiger partial charge in [-0.1, -0.05) is 24.3 Å². The fraction of sp³-hybridized carbons (Fsp3) is 0.250. The standard InChI is InChI=1S/C16H19FN2O/c1-11-7-8-12(9-13(11)17)15(10-18)19-14-5-3-4-6-16(14)20-2/h3-9,15,19H,10,18H2,1-2H3. The lowest BCUT2D eigenvalue weighted by molar-refractivity contribution is 0.416. The van der Waals surface area contributed by atoms with E-state index in [1.54, 1.807) is 20.1 Å². The Balaban J connectivity index is 2.26. The summed E-state index contributed by atoms with van der Waals surface area (Å²) < 4.78 is 19.0. The number of ether oxygens (including phenoxy) is 1. The molecule has 2 aromatic carbocycles. The van der Waals surface area contributed by atoms with E-state index in [2.05, 4.69) is 5.32 Å². The largest absolute Gasteiger partial charge is 0.495 e. The SMILES string of the molecule is COc1ccccc1NC(CN)c1ccc(C)c(F)c1. The van der Waals surface area contributed by atoms with Gasteiger partial charge in [0.2, 0.25) is 0 Å². The number of halogens is 1. The first-order valence-electron chi connectivity index (χ1n) is 6.51. The van der Waals surface area contributed by atoms with E-state index >= 15 is 0 Å². The molecule has 1 atom stereocenters.